The number of hydrogen-bond donors (Lipinski definition) is 0. The van der Waals surface area contributed by atoms with E-state index in [1.165, 1.54) is 0 Å². The lowest BCUT2D eigenvalue weighted by atomic mass is 9.97. The average molecular weight is 345 g/mol. The molecule has 3 aromatic carbocycles. The minimum absolute atomic E-state index is 0.0756. The van der Waals surface area contributed by atoms with Crippen molar-refractivity contribution in [1.82, 2.24) is 4.90 Å². The highest BCUT2D eigenvalue weighted by Crippen LogP contribution is 2.47. The molecule has 3 aromatic rings. The zero-order chi connectivity index (χ0) is 18.1. The fraction of sp³-hybridized carbons (Fsp3) is 0.136. The van der Waals surface area contributed by atoms with Gasteiger partial charge in [-0.1, -0.05) is 60.7 Å². The third-order valence-corrected chi connectivity index (χ3v) is 4.41. The summed E-state index contributed by atoms with van der Waals surface area (Å²) < 4.78 is 12.7. The van der Waals surface area contributed by atoms with Gasteiger partial charge in [0.25, 0.3) is 5.91 Å². The summed E-state index contributed by atoms with van der Waals surface area (Å²) >= 11 is 0. The van der Waals surface area contributed by atoms with Crippen LogP contribution in [-0.2, 0) is 5.79 Å². The Balaban J connectivity index is 1.81. The van der Waals surface area contributed by atoms with Crippen molar-refractivity contribution in [3.05, 3.63) is 95.6 Å². The SMILES string of the molecule is CN(C)C(=O)c1ccc2c(c1)OC(c1ccccc1)(c1ccccc1)O2. The summed E-state index contributed by atoms with van der Waals surface area (Å²) in [5.41, 5.74) is 2.35. The molecule has 4 nitrogen and oxygen atoms in total. The van der Waals surface area contributed by atoms with E-state index in [-0.39, 0.29) is 5.91 Å². The molecule has 0 N–H and O–H groups in total. The van der Waals surface area contributed by atoms with E-state index in [9.17, 15) is 4.79 Å². The van der Waals surface area contributed by atoms with E-state index in [0.717, 1.165) is 11.1 Å². The molecule has 4 heteroatoms. The predicted octanol–water partition coefficient (Wildman–Crippen LogP) is 4.06. The number of carbonyl (C=O) groups excluding carboxylic acids is 1. The highest BCUT2D eigenvalue weighted by molar-refractivity contribution is 5.94. The molecule has 0 fully saturated rings. The average Bonchev–Trinajstić information content (AvgIpc) is 3.08. The number of nitrogens with zero attached hydrogens (tertiary/aromatic N) is 1. The van der Waals surface area contributed by atoms with Crippen LogP contribution in [0.4, 0.5) is 0 Å². The van der Waals surface area contributed by atoms with Gasteiger partial charge < -0.3 is 14.4 Å². The maximum absolute atomic E-state index is 12.3. The normalized spacial score (nSPS) is 14.1. The number of carbonyl (C=O) groups is 1. The quantitative estimate of drug-likeness (QED) is 0.718. The first-order chi connectivity index (χ1) is 12.6. The molecule has 0 saturated carbocycles. The van der Waals surface area contributed by atoms with Gasteiger partial charge >= 0.3 is 5.79 Å². The molecule has 26 heavy (non-hydrogen) atoms. The molecule has 0 atom stereocenters. The Morgan fingerprint density at radius 2 is 1.31 bits per heavy atom. The van der Waals surface area contributed by atoms with E-state index in [1.54, 1.807) is 37.2 Å². The monoisotopic (exact) mass is 345 g/mol. The third-order valence-electron chi connectivity index (χ3n) is 4.41. The highest BCUT2D eigenvalue weighted by atomic mass is 16.7. The number of fused-ring (bicyclic) bond motifs is 1. The van der Waals surface area contributed by atoms with Crippen molar-refractivity contribution in [3.8, 4) is 11.5 Å². The van der Waals surface area contributed by atoms with Crippen LogP contribution in [0.5, 0.6) is 11.5 Å². The van der Waals surface area contributed by atoms with Gasteiger partial charge in [-0.3, -0.25) is 4.79 Å². The lowest BCUT2D eigenvalue weighted by Gasteiger charge is -2.28. The Morgan fingerprint density at radius 3 is 1.85 bits per heavy atom. The second-order valence-corrected chi connectivity index (χ2v) is 6.41. The van der Waals surface area contributed by atoms with Crippen LogP contribution in [0.15, 0.2) is 78.9 Å². The van der Waals surface area contributed by atoms with Crippen LogP contribution >= 0.6 is 0 Å². The zero-order valence-corrected chi connectivity index (χ0v) is 14.7. The van der Waals surface area contributed by atoms with E-state index in [4.69, 9.17) is 9.47 Å². The summed E-state index contributed by atoms with van der Waals surface area (Å²) in [6, 6.07) is 24.9. The molecule has 0 spiro atoms. The molecule has 0 aromatic heterocycles. The van der Waals surface area contributed by atoms with Crippen molar-refractivity contribution in [2.45, 2.75) is 5.79 Å². The molecular weight excluding hydrogens is 326 g/mol. The van der Waals surface area contributed by atoms with Crippen LogP contribution in [0.3, 0.4) is 0 Å². The van der Waals surface area contributed by atoms with Crippen molar-refractivity contribution < 1.29 is 14.3 Å². The van der Waals surface area contributed by atoms with Crippen LogP contribution in [0.2, 0.25) is 0 Å². The molecule has 1 amide bonds. The molecule has 1 aliphatic heterocycles. The van der Waals surface area contributed by atoms with Crippen LogP contribution in [0, 0.1) is 0 Å². The minimum Gasteiger partial charge on any atom is -0.440 e. The molecule has 130 valence electrons. The van der Waals surface area contributed by atoms with Gasteiger partial charge in [0.15, 0.2) is 11.5 Å². The Kier molecular flexibility index (Phi) is 3.88. The summed E-state index contributed by atoms with van der Waals surface area (Å²) in [6.45, 7) is 0. The second-order valence-electron chi connectivity index (χ2n) is 6.41. The molecule has 1 aliphatic rings. The Hall–Kier alpha value is -3.27. The van der Waals surface area contributed by atoms with Crippen LogP contribution in [-0.4, -0.2) is 24.9 Å². The van der Waals surface area contributed by atoms with Crippen molar-refractivity contribution in [3.63, 3.8) is 0 Å². The molecular formula is C22H19NO3. The van der Waals surface area contributed by atoms with Gasteiger partial charge in [-0.25, -0.2) is 0 Å². The van der Waals surface area contributed by atoms with Gasteiger partial charge in [0.1, 0.15) is 0 Å². The minimum atomic E-state index is -1.06. The van der Waals surface area contributed by atoms with Gasteiger partial charge in [-0.2, -0.15) is 0 Å². The topological polar surface area (TPSA) is 38.8 Å². The van der Waals surface area contributed by atoms with Crippen molar-refractivity contribution >= 4 is 5.91 Å². The van der Waals surface area contributed by atoms with Crippen molar-refractivity contribution in [1.29, 1.82) is 0 Å². The van der Waals surface area contributed by atoms with E-state index in [2.05, 4.69) is 0 Å². The standard InChI is InChI=1S/C22H19NO3/c1-23(2)21(24)16-13-14-19-20(15-16)26-22(25-19,17-9-5-3-6-10-17)18-11-7-4-8-12-18/h3-15H,1-2H3. The molecule has 0 saturated heterocycles. The van der Waals surface area contributed by atoms with Gasteiger partial charge in [-0.05, 0) is 18.2 Å². The fourth-order valence-corrected chi connectivity index (χ4v) is 3.11. The van der Waals surface area contributed by atoms with Crippen LogP contribution in [0.25, 0.3) is 0 Å². The fourth-order valence-electron chi connectivity index (χ4n) is 3.11. The molecule has 1 heterocycles. The van der Waals surface area contributed by atoms with Crippen LogP contribution < -0.4 is 9.47 Å². The maximum Gasteiger partial charge on any atom is 0.305 e. The molecule has 4 rings (SSSR count). The summed E-state index contributed by atoms with van der Waals surface area (Å²) in [5, 5.41) is 0. The van der Waals surface area contributed by atoms with E-state index in [0.29, 0.717) is 17.1 Å². The van der Waals surface area contributed by atoms with E-state index >= 15 is 0 Å². The second kappa shape index (κ2) is 6.23. The van der Waals surface area contributed by atoms with Gasteiger partial charge in [0.05, 0.1) is 0 Å². The van der Waals surface area contributed by atoms with Crippen molar-refractivity contribution in [2.75, 3.05) is 14.1 Å². The van der Waals surface area contributed by atoms with E-state index < -0.39 is 5.79 Å². The highest BCUT2D eigenvalue weighted by Gasteiger charge is 2.45. The summed E-state index contributed by atoms with van der Waals surface area (Å²) in [5.74, 6) is 0.0386. The predicted molar refractivity (Wildman–Crippen MR) is 99.4 cm³/mol. The smallest absolute Gasteiger partial charge is 0.305 e. The first kappa shape index (κ1) is 16.2. The number of ether oxygens (including phenoxy) is 2. The lowest BCUT2D eigenvalue weighted by Crippen LogP contribution is -2.36. The largest absolute Gasteiger partial charge is 0.440 e. The number of benzene rings is 3. The van der Waals surface area contributed by atoms with Crippen molar-refractivity contribution in [2.24, 2.45) is 0 Å². The molecule has 0 bridgehead atoms. The van der Waals surface area contributed by atoms with Gasteiger partial charge in [0, 0.05) is 30.8 Å². The first-order valence-electron chi connectivity index (χ1n) is 8.45. The number of rotatable bonds is 3. The molecule has 0 radical (unpaired) electrons. The summed E-state index contributed by atoms with van der Waals surface area (Å²) in [7, 11) is 3.45. The zero-order valence-electron chi connectivity index (χ0n) is 14.7. The Bertz CT molecular complexity index is 897. The summed E-state index contributed by atoms with van der Waals surface area (Å²) in [6.07, 6.45) is 0. The van der Waals surface area contributed by atoms with Crippen LogP contribution in [0.1, 0.15) is 21.5 Å². The summed E-state index contributed by atoms with van der Waals surface area (Å²) in [4.78, 5) is 13.8. The Morgan fingerprint density at radius 1 is 0.769 bits per heavy atom. The number of hydrogen-bond acceptors (Lipinski definition) is 3. The number of amides is 1. The van der Waals surface area contributed by atoms with Gasteiger partial charge in [-0.15, -0.1) is 0 Å². The molecule has 0 aliphatic carbocycles. The molecule has 0 unspecified atom stereocenters. The Labute approximate surface area is 152 Å². The first-order valence-corrected chi connectivity index (χ1v) is 8.45. The third kappa shape index (κ3) is 2.60. The van der Waals surface area contributed by atoms with E-state index in [1.807, 2.05) is 60.7 Å². The maximum atomic E-state index is 12.3. The van der Waals surface area contributed by atoms with Gasteiger partial charge in [0.2, 0.25) is 0 Å². The lowest BCUT2D eigenvalue weighted by molar-refractivity contribution is -0.0459.